The number of carbonyl (C=O) groups excluding carboxylic acids is 1. The molecule has 1 saturated heterocycles. The van der Waals surface area contributed by atoms with Gasteiger partial charge < -0.3 is 20.9 Å². The summed E-state index contributed by atoms with van der Waals surface area (Å²) in [5.41, 5.74) is 7.30. The van der Waals surface area contributed by atoms with Gasteiger partial charge in [0.2, 0.25) is 0 Å². The molecule has 3 N–H and O–H groups in total. The number of hydrogen-bond acceptors (Lipinski definition) is 4. The lowest BCUT2D eigenvalue weighted by Gasteiger charge is -2.32. The zero-order valence-electron chi connectivity index (χ0n) is 13.6. The van der Waals surface area contributed by atoms with E-state index in [0.29, 0.717) is 12.1 Å². The maximum absolute atomic E-state index is 12.0. The van der Waals surface area contributed by atoms with E-state index in [1.54, 1.807) is 0 Å². The van der Waals surface area contributed by atoms with Gasteiger partial charge in [0.1, 0.15) is 0 Å². The molecule has 0 radical (unpaired) electrons. The van der Waals surface area contributed by atoms with Gasteiger partial charge in [0.15, 0.2) is 0 Å². The minimum atomic E-state index is 0.00293. The average molecular weight is 304 g/mol. The van der Waals surface area contributed by atoms with Crippen LogP contribution in [0.4, 0.5) is 0 Å². The van der Waals surface area contributed by atoms with Crippen LogP contribution in [0.15, 0.2) is 24.3 Å². The molecule has 1 aliphatic rings. The van der Waals surface area contributed by atoms with Crippen molar-refractivity contribution in [1.29, 1.82) is 0 Å². The van der Waals surface area contributed by atoms with Gasteiger partial charge in [-0.05, 0) is 44.1 Å². The van der Waals surface area contributed by atoms with Gasteiger partial charge in [-0.25, -0.2) is 0 Å². The first-order chi connectivity index (χ1) is 10.7. The van der Waals surface area contributed by atoms with E-state index in [1.165, 1.54) is 0 Å². The Hall–Kier alpha value is -1.43. The predicted molar refractivity (Wildman–Crippen MR) is 89.8 cm³/mol. The molecule has 5 heteroatoms. The number of amides is 1. The van der Waals surface area contributed by atoms with Gasteiger partial charge in [0.25, 0.3) is 5.91 Å². The normalized spacial score (nSPS) is 16.6. The molecule has 1 amide bonds. The van der Waals surface area contributed by atoms with Crippen LogP contribution >= 0.6 is 0 Å². The Balaban J connectivity index is 1.58. The first-order valence-corrected chi connectivity index (χ1v) is 8.17. The summed E-state index contributed by atoms with van der Waals surface area (Å²) in [5.74, 6) is 0.00293. The number of nitrogens with zero attached hydrogens (tertiary/aromatic N) is 2. The maximum Gasteiger partial charge on any atom is 0.251 e. The zero-order valence-corrected chi connectivity index (χ0v) is 13.6. The minimum Gasteiger partial charge on any atom is -0.352 e. The van der Waals surface area contributed by atoms with Crippen LogP contribution in [-0.4, -0.2) is 62.0 Å². The Labute approximate surface area is 133 Å². The van der Waals surface area contributed by atoms with Gasteiger partial charge in [-0.1, -0.05) is 12.1 Å². The Morgan fingerprint density at radius 1 is 1.14 bits per heavy atom. The molecular weight excluding hydrogens is 276 g/mol. The largest absolute Gasteiger partial charge is 0.352 e. The van der Waals surface area contributed by atoms with Crippen LogP contribution in [0.25, 0.3) is 0 Å². The highest BCUT2D eigenvalue weighted by molar-refractivity contribution is 5.94. The summed E-state index contributed by atoms with van der Waals surface area (Å²) in [6, 6.07) is 7.48. The summed E-state index contributed by atoms with van der Waals surface area (Å²) in [6.07, 6.45) is 2.16. The van der Waals surface area contributed by atoms with E-state index in [9.17, 15) is 4.79 Å². The van der Waals surface area contributed by atoms with Gasteiger partial charge in [0.05, 0.1) is 0 Å². The number of unbranched alkanes of at least 4 members (excludes halogenated alkanes) is 1. The highest BCUT2D eigenvalue weighted by atomic mass is 16.1. The molecule has 1 aromatic carbocycles. The van der Waals surface area contributed by atoms with E-state index in [-0.39, 0.29) is 5.91 Å². The zero-order chi connectivity index (χ0) is 15.8. The fourth-order valence-electron chi connectivity index (χ4n) is 2.63. The molecule has 5 nitrogen and oxygen atoms in total. The third-order valence-corrected chi connectivity index (χ3v) is 4.23. The van der Waals surface area contributed by atoms with Gasteiger partial charge in [-0.3, -0.25) is 4.79 Å². The van der Waals surface area contributed by atoms with Crippen molar-refractivity contribution in [1.82, 2.24) is 15.1 Å². The lowest BCUT2D eigenvalue weighted by atomic mass is 10.1. The van der Waals surface area contributed by atoms with Gasteiger partial charge in [0, 0.05) is 44.8 Å². The molecule has 1 aromatic rings. The quantitative estimate of drug-likeness (QED) is 0.735. The van der Waals surface area contributed by atoms with Crippen molar-refractivity contribution >= 4 is 5.91 Å². The van der Waals surface area contributed by atoms with Crippen LogP contribution in [0.2, 0.25) is 0 Å². The summed E-state index contributed by atoms with van der Waals surface area (Å²) in [4.78, 5) is 16.9. The van der Waals surface area contributed by atoms with Crippen LogP contribution in [0, 0.1) is 0 Å². The first kappa shape index (κ1) is 16.9. The smallest absolute Gasteiger partial charge is 0.251 e. The second-order valence-electron chi connectivity index (χ2n) is 6.01. The summed E-state index contributed by atoms with van der Waals surface area (Å²) in [6.45, 7) is 7.03. The minimum absolute atomic E-state index is 0.00293. The van der Waals surface area contributed by atoms with Crippen molar-refractivity contribution in [3.63, 3.8) is 0 Å². The lowest BCUT2D eigenvalue weighted by molar-refractivity contribution is 0.0952. The highest BCUT2D eigenvalue weighted by Gasteiger charge is 2.12. The summed E-state index contributed by atoms with van der Waals surface area (Å²) < 4.78 is 0. The SMILES string of the molecule is CN1CCN(CCCCNC(=O)c2ccc(CN)cc2)CC1. The molecule has 2 rings (SSSR count). The number of rotatable bonds is 7. The number of benzene rings is 1. The molecule has 0 aliphatic carbocycles. The van der Waals surface area contributed by atoms with Crippen LogP contribution in [-0.2, 0) is 6.54 Å². The second kappa shape index (κ2) is 8.88. The molecule has 0 bridgehead atoms. The van der Waals surface area contributed by atoms with Crippen LogP contribution in [0.5, 0.6) is 0 Å². The number of hydrogen-bond donors (Lipinski definition) is 2. The van der Waals surface area contributed by atoms with E-state index in [4.69, 9.17) is 5.73 Å². The van der Waals surface area contributed by atoms with Gasteiger partial charge >= 0.3 is 0 Å². The van der Waals surface area contributed by atoms with Crippen LogP contribution in [0.1, 0.15) is 28.8 Å². The Morgan fingerprint density at radius 3 is 2.45 bits per heavy atom. The predicted octanol–water partition coefficient (Wildman–Crippen LogP) is 0.903. The molecule has 22 heavy (non-hydrogen) atoms. The van der Waals surface area contributed by atoms with E-state index in [2.05, 4.69) is 22.2 Å². The van der Waals surface area contributed by atoms with E-state index >= 15 is 0 Å². The van der Waals surface area contributed by atoms with Crippen molar-refractivity contribution in [2.45, 2.75) is 19.4 Å². The Morgan fingerprint density at radius 2 is 1.82 bits per heavy atom. The number of piperazine rings is 1. The van der Waals surface area contributed by atoms with Crippen molar-refractivity contribution in [2.24, 2.45) is 5.73 Å². The highest BCUT2D eigenvalue weighted by Crippen LogP contribution is 2.04. The fraction of sp³-hybridized carbons (Fsp3) is 0.588. The summed E-state index contributed by atoms with van der Waals surface area (Å²) in [5, 5.41) is 2.98. The summed E-state index contributed by atoms with van der Waals surface area (Å²) >= 11 is 0. The monoisotopic (exact) mass is 304 g/mol. The number of likely N-dealkylation sites (N-methyl/N-ethyl adjacent to an activating group) is 1. The maximum atomic E-state index is 12.0. The Kier molecular flexibility index (Phi) is 6.83. The van der Waals surface area contributed by atoms with Gasteiger partial charge in [-0.15, -0.1) is 0 Å². The Bertz CT molecular complexity index is 452. The molecule has 1 heterocycles. The topological polar surface area (TPSA) is 61.6 Å². The van der Waals surface area contributed by atoms with E-state index < -0.39 is 0 Å². The molecule has 1 fully saturated rings. The standard InChI is InChI=1S/C17H28N4O/c1-20-10-12-21(13-11-20)9-3-2-8-19-17(22)16-6-4-15(14-18)5-7-16/h4-7H,2-3,8-14,18H2,1H3,(H,19,22). The van der Waals surface area contributed by atoms with Crippen molar-refractivity contribution in [2.75, 3.05) is 46.3 Å². The third kappa shape index (κ3) is 5.40. The van der Waals surface area contributed by atoms with E-state index in [1.807, 2.05) is 24.3 Å². The van der Waals surface area contributed by atoms with Gasteiger partial charge in [-0.2, -0.15) is 0 Å². The molecule has 122 valence electrons. The summed E-state index contributed by atoms with van der Waals surface area (Å²) in [7, 11) is 2.17. The van der Waals surface area contributed by atoms with Crippen LogP contribution in [0.3, 0.4) is 0 Å². The first-order valence-electron chi connectivity index (χ1n) is 8.17. The number of nitrogens with one attached hydrogen (secondary N) is 1. The number of nitrogens with two attached hydrogens (primary N) is 1. The lowest BCUT2D eigenvalue weighted by Crippen LogP contribution is -2.44. The molecule has 0 spiro atoms. The third-order valence-electron chi connectivity index (χ3n) is 4.23. The van der Waals surface area contributed by atoms with Crippen molar-refractivity contribution in [3.8, 4) is 0 Å². The van der Waals surface area contributed by atoms with Crippen molar-refractivity contribution < 1.29 is 4.79 Å². The van der Waals surface area contributed by atoms with E-state index in [0.717, 1.165) is 57.7 Å². The molecular formula is C17H28N4O. The van der Waals surface area contributed by atoms with Crippen molar-refractivity contribution in [3.05, 3.63) is 35.4 Å². The van der Waals surface area contributed by atoms with Crippen LogP contribution < -0.4 is 11.1 Å². The number of carbonyl (C=O) groups is 1. The molecule has 0 saturated carbocycles. The fourth-order valence-corrected chi connectivity index (χ4v) is 2.63. The average Bonchev–Trinajstić information content (AvgIpc) is 2.56. The molecule has 0 aromatic heterocycles. The molecule has 1 aliphatic heterocycles. The molecule has 0 atom stereocenters. The molecule has 0 unspecified atom stereocenters. The second-order valence-corrected chi connectivity index (χ2v) is 6.01.